The molecule has 158 valence electrons. The first-order valence-corrected chi connectivity index (χ1v) is 11.4. The fourth-order valence-electron chi connectivity index (χ4n) is 2.74. The Labute approximate surface area is 173 Å². The lowest BCUT2D eigenvalue weighted by Crippen LogP contribution is -2.31. The van der Waals surface area contributed by atoms with Crippen molar-refractivity contribution >= 4 is 15.9 Å². The van der Waals surface area contributed by atoms with Gasteiger partial charge in [-0.25, -0.2) is 13.1 Å². The summed E-state index contributed by atoms with van der Waals surface area (Å²) >= 11 is 0. The summed E-state index contributed by atoms with van der Waals surface area (Å²) in [6.45, 7) is 6.79. The minimum atomic E-state index is -3.64. The highest BCUT2D eigenvalue weighted by Gasteiger charge is 2.17. The average molecular weight is 419 g/mol. The predicted molar refractivity (Wildman–Crippen MR) is 114 cm³/mol. The van der Waals surface area contributed by atoms with Crippen LogP contribution in [0.3, 0.4) is 0 Å². The zero-order chi connectivity index (χ0) is 21.3. The Balaban J connectivity index is 1.80. The Hall–Kier alpha value is -2.38. The molecule has 0 aromatic heterocycles. The van der Waals surface area contributed by atoms with E-state index in [4.69, 9.17) is 4.74 Å². The lowest BCUT2D eigenvalue weighted by Gasteiger charge is -2.11. The van der Waals surface area contributed by atoms with Crippen LogP contribution in [0.4, 0.5) is 0 Å². The number of carbonyl (C=O) groups excluding carboxylic acids is 1. The van der Waals surface area contributed by atoms with Crippen molar-refractivity contribution in [3.05, 3.63) is 59.2 Å². The Morgan fingerprint density at radius 2 is 1.90 bits per heavy atom. The molecular weight excluding hydrogens is 388 g/mol. The molecule has 0 spiro atoms. The van der Waals surface area contributed by atoms with Crippen LogP contribution in [0.1, 0.15) is 42.9 Å². The van der Waals surface area contributed by atoms with E-state index in [1.165, 1.54) is 0 Å². The molecule has 0 saturated carbocycles. The number of benzene rings is 2. The van der Waals surface area contributed by atoms with E-state index in [2.05, 4.69) is 17.0 Å². The highest BCUT2D eigenvalue weighted by molar-refractivity contribution is 7.89. The Morgan fingerprint density at radius 3 is 2.66 bits per heavy atom. The molecule has 0 radical (unpaired) electrons. The molecule has 1 amide bonds. The third kappa shape index (κ3) is 7.51. The molecule has 0 saturated heterocycles. The lowest BCUT2D eigenvalue weighted by molar-refractivity contribution is -0.121. The van der Waals surface area contributed by atoms with Crippen LogP contribution < -0.4 is 14.8 Å². The summed E-state index contributed by atoms with van der Waals surface area (Å²) in [5.74, 6) is 0.567. The molecule has 0 unspecified atom stereocenters. The smallest absolute Gasteiger partial charge is 0.240 e. The van der Waals surface area contributed by atoms with Crippen LogP contribution >= 0.6 is 0 Å². The van der Waals surface area contributed by atoms with Gasteiger partial charge in [0.1, 0.15) is 5.75 Å². The van der Waals surface area contributed by atoms with Crippen LogP contribution in [0.2, 0.25) is 0 Å². The van der Waals surface area contributed by atoms with Gasteiger partial charge in [-0.05, 0) is 55.2 Å². The molecule has 0 atom stereocenters. The van der Waals surface area contributed by atoms with E-state index in [-0.39, 0.29) is 23.8 Å². The van der Waals surface area contributed by atoms with Crippen molar-refractivity contribution in [2.24, 2.45) is 0 Å². The molecule has 7 heteroatoms. The minimum Gasteiger partial charge on any atom is -0.494 e. The van der Waals surface area contributed by atoms with Crippen LogP contribution in [-0.4, -0.2) is 27.5 Å². The van der Waals surface area contributed by atoms with Gasteiger partial charge in [-0.15, -0.1) is 0 Å². The van der Waals surface area contributed by atoms with Crippen molar-refractivity contribution in [1.82, 2.24) is 10.0 Å². The number of hydrogen-bond acceptors (Lipinski definition) is 4. The molecule has 0 bridgehead atoms. The first kappa shape index (κ1) is 22.9. The normalized spacial score (nSPS) is 11.3. The van der Waals surface area contributed by atoms with Crippen molar-refractivity contribution in [2.75, 3.05) is 13.2 Å². The van der Waals surface area contributed by atoms with Gasteiger partial charge in [0.05, 0.1) is 11.5 Å². The number of rotatable bonds is 11. The molecule has 0 aliphatic carbocycles. The maximum atomic E-state index is 12.5. The molecule has 2 N–H and O–H groups in total. The number of nitrogens with one attached hydrogen (secondary N) is 2. The lowest BCUT2D eigenvalue weighted by atomic mass is 10.2. The molecule has 0 heterocycles. The zero-order valence-corrected chi connectivity index (χ0v) is 18.1. The van der Waals surface area contributed by atoms with Gasteiger partial charge in [-0.3, -0.25) is 4.79 Å². The van der Waals surface area contributed by atoms with E-state index < -0.39 is 10.0 Å². The quantitative estimate of drug-likeness (QED) is 0.547. The van der Waals surface area contributed by atoms with Crippen molar-refractivity contribution in [2.45, 2.75) is 51.5 Å². The van der Waals surface area contributed by atoms with Gasteiger partial charge in [0.15, 0.2) is 0 Å². The molecule has 2 rings (SSSR count). The fourth-order valence-corrected chi connectivity index (χ4v) is 4.10. The molecule has 29 heavy (non-hydrogen) atoms. The van der Waals surface area contributed by atoms with Crippen molar-refractivity contribution < 1.29 is 17.9 Å². The summed E-state index contributed by atoms with van der Waals surface area (Å²) in [4.78, 5) is 12.3. The van der Waals surface area contributed by atoms with Gasteiger partial charge in [-0.1, -0.05) is 37.6 Å². The summed E-state index contributed by atoms with van der Waals surface area (Å²) in [5, 5.41) is 2.81. The number of hydrogen-bond donors (Lipinski definition) is 2. The molecule has 2 aromatic rings. The second-order valence-electron chi connectivity index (χ2n) is 7.04. The molecular formula is C22H30N2O4S. The SMILES string of the molecule is CCCCOc1cccc(CNC(=O)CCNS(=O)(=O)c2cc(C)ccc2C)c1. The van der Waals surface area contributed by atoms with Crippen LogP contribution in [0.25, 0.3) is 0 Å². The number of aryl methyl sites for hydroxylation is 2. The van der Waals surface area contributed by atoms with Crippen molar-refractivity contribution in [3.63, 3.8) is 0 Å². The monoisotopic (exact) mass is 418 g/mol. The van der Waals surface area contributed by atoms with E-state index in [1.54, 1.807) is 19.1 Å². The minimum absolute atomic E-state index is 0.0434. The van der Waals surface area contributed by atoms with E-state index in [1.807, 2.05) is 37.3 Å². The second-order valence-corrected chi connectivity index (χ2v) is 8.78. The van der Waals surface area contributed by atoms with Crippen LogP contribution in [-0.2, 0) is 21.4 Å². The summed E-state index contributed by atoms with van der Waals surface area (Å²) in [7, 11) is -3.64. The third-order valence-corrected chi connectivity index (χ3v) is 6.04. The molecule has 6 nitrogen and oxygen atoms in total. The van der Waals surface area contributed by atoms with Gasteiger partial charge in [0.25, 0.3) is 0 Å². The molecule has 0 aliphatic rings. The molecule has 0 aliphatic heterocycles. The highest BCUT2D eigenvalue weighted by Crippen LogP contribution is 2.16. The predicted octanol–water partition coefficient (Wildman–Crippen LogP) is 3.47. The number of ether oxygens (including phenoxy) is 1. The van der Waals surface area contributed by atoms with Gasteiger partial charge < -0.3 is 10.1 Å². The Morgan fingerprint density at radius 1 is 1.10 bits per heavy atom. The first-order chi connectivity index (χ1) is 13.8. The number of amides is 1. The second kappa shape index (κ2) is 11.0. The third-order valence-electron chi connectivity index (χ3n) is 4.43. The van der Waals surface area contributed by atoms with E-state index in [9.17, 15) is 13.2 Å². The summed E-state index contributed by atoms with van der Waals surface area (Å²) in [6.07, 6.45) is 2.14. The zero-order valence-electron chi connectivity index (χ0n) is 17.3. The Bertz CT molecular complexity index is 926. The average Bonchev–Trinajstić information content (AvgIpc) is 2.68. The standard InChI is InChI=1S/C22H30N2O4S/c1-4-5-13-28-20-8-6-7-19(15-20)16-23-22(25)11-12-24-29(26,27)21-14-17(2)9-10-18(21)3/h6-10,14-15,24H,4-5,11-13,16H2,1-3H3,(H,23,25). The molecule has 2 aromatic carbocycles. The number of unbranched alkanes of at least 4 members (excludes halogenated alkanes) is 1. The van der Waals surface area contributed by atoms with Crippen LogP contribution in [0.15, 0.2) is 47.4 Å². The van der Waals surface area contributed by atoms with Crippen LogP contribution in [0, 0.1) is 13.8 Å². The maximum Gasteiger partial charge on any atom is 0.240 e. The first-order valence-electron chi connectivity index (χ1n) is 9.87. The fraction of sp³-hybridized carbons (Fsp3) is 0.409. The van der Waals surface area contributed by atoms with Gasteiger partial charge >= 0.3 is 0 Å². The largest absolute Gasteiger partial charge is 0.494 e. The van der Waals surface area contributed by atoms with E-state index in [0.717, 1.165) is 29.7 Å². The highest BCUT2D eigenvalue weighted by atomic mass is 32.2. The van der Waals surface area contributed by atoms with Gasteiger partial charge in [0.2, 0.25) is 15.9 Å². The van der Waals surface area contributed by atoms with Crippen molar-refractivity contribution in [3.8, 4) is 5.75 Å². The maximum absolute atomic E-state index is 12.5. The van der Waals surface area contributed by atoms with E-state index >= 15 is 0 Å². The number of sulfonamides is 1. The van der Waals surface area contributed by atoms with Crippen LogP contribution in [0.5, 0.6) is 5.75 Å². The number of carbonyl (C=O) groups is 1. The van der Waals surface area contributed by atoms with Gasteiger partial charge in [-0.2, -0.15) is 0 Å². The van der Waals surface area contributed by atoms with Crippen molar-refractivity contribution in [1.29, 1.82) is 0 Å². The van der Waals surface area contributed by atoms with Gasteiger partial charge in [0, 0.05) is 19.5 Å². The molecule has 0 fully saturated rings. The Kier molecular flexibility index (Phi) is 8.67. The summed E-state index contributed by atoms with van der Waals surface area (Å²) < 4.78 is 33.1. The summed E-state index contributed by atoms with van der Waals surface area (Å²) in [6, 6.07) is 12.9. The topological polar surface area (TPSA) is 84.5 Å². The van der Waals surface area contributed by atoms with E-state index in [0.29, 0.717) is 18.7 Å². The summed E-state index contributed by atoms with van der Waals surface area (Å²) in [5.41, 5.74) is 2.48.